The van der Waals surface area contributed by atoms with Gasteiger partial charge in [0.25, 0.3) is 15.9 Å². The van der Waals surface area contributed by atoms with Crippen LogP contribution >= 0.6 is 0 Å². The molecule has 162 valence electrons. The van der Waals surface area contributed by atoms with Crippen molar-refractivity contribution in [2.24, 2.45) is 5.10 Å². The molecule has 0 aliphatic carbocycles. The van der Waals surface area contributed by atoms with Crippen LogP contribution in [-0.2, 0) is 10.0 Å². The second-order valence-corrected chi connectivity index (χ2v) is 9.50. The minimum Gasteiger partial charge on any atom is -0.267 e. The summed E-state index contributed by atoms with van der Waals surface area (Å²) < 4.78 is 27.9. The Morgan fingerprint density at radius 2 is 1.62 bits per heavy atom. The lowest BCUT2D eigenvalue weighted by Crippen LogP contribution is -2.19. The Bertz CT molecular complexity index is 1450. The highest BCUT2D eigenvalue weighted by molar-refractivity contribution is 7.90. The summed E-state index contributed by atoms with van der Waals surface area (Å²) in [5.74, 6) is -0.330. The lowest BCUT2D eigenvalue weighted by Gasteiger charge is -2.07. The second kappa shape index (κ2) is 8.43. The number of hydrazone groups is 1. The number of aromatic nitrogens is 1. The van der Waals surface area contributed by atoms with Gasteiger partial charge in [0.05, 0.1) is 16.1 Å². The van der Waals surface area contributed by atoms with Crippen molar-refractivity contribution >= 4 is 32.5 Å². The van der Waals surface area contributed by atoms with Gasteiger partial charge in [-0.1, -0.05) is 53.6 Å². The van der Waals surface area contributed by atoms with Gasteiger partial charge in [0, 0.05) is 22.7 Å². The standard InChI is InChI=1S/C25H23N3O3S/c1-17-11-13-21(14-12-17)32(30,31)28-16-23(22-9-4-5-10-24(22)28)19(3)26-27-25(29)20-8-6-7-18(2)15-20/h4-16H,1-3H3,(H,27,29)/b26-19+. The van der Waals surface area contributed by atoms with E-state index < -0.39 is 10.0 Å². The number of carbonyl (C=O) groups excluding carboxylic acids is 1. The SMILES string of the molecule is C/C(=N\NC(=O)c1cccc(C)c1)c1cn(S(=O)(=O)c2ccc(C)cc2)c2ccccc12. The van der Waals surface area contributed by atoms with Gasteiger partial charge >= 0.3 is 0 Å². The monoisotopic (exact) mass is 445 g/mol. The molecule has 0 atom stereocenters. The maximum absolute atomic E-state index is 13.3. The highest BCUT2D eigenvalue weighted by Gasteiger charge is 2.22. The van der Waals surface area contributed by atoms with Crippen molar-refractivity contribution in [3.8, 4) is 0 Å². The highest BCUT2D eigenvalue weighted by atomic mass is 32.2. The zero-order valence-corrected chi connectivity index (χ0v) is 18.8. The van der Waals surface area contributed by atoms with Gasteiger partial charge in [0.1, 0.15) is 0 Å². The van der Waals surface area contributed by atoms with E-state index in [9.17, 15) is 13.2 Å². The number of para-hydroxylation sites is 1. The molecule has 0 bridgehead atoms. The van der Waals surface area contributed by atoms with Gasteiger partial charge in [-0.05, 0) is 51.1 Å². The number of nitrogens with one attached hydrogen (secondary N) is 1. The number of carbonyl (C=O) groups is 1. The molecular weight excluding hydrogens is 422 g/mol. The Kier molecular flexibility index (Phi) is 5.67. The first-order valence-electron chi connectivity index (χ1n) is 10.1. The molecule has 1 N–H and O–H groups in total. The van der Waals surface area contributed by atoms with Crippen LogP contribution in [0, 0.1) is 13.8 Å². The molecule has 1 aromatic heterocycles. The zero-order chi connectivity index (χ0) is 22.9. The number of amides is 1. The first-order chi connectivity index (χ1) is 15.3. The van der Waals surface area contributed by atoms with E-state index >= 15 is 0 Å². The number of rotatable bonds is 5. The second-order valence-electron chi connectivity index (χ2n) is 7.68. The fraction of sp³-hybridized carbons (Fsp3) is 0.120. The van der Waals surface area contributed by atoms with E-state index in [0.29, 0.717) is 22.4 Å². The Hall–Kier alpha value is -3.71. The first kappa shape index (κ1) is 21.5. The lowest BCUT2D eigenvalue weighted by atomic mass is 10.1. The van der Waals surface area contributed by atoms with Crippen molar-refractivity contribution in [2.75, 3.05) is 0 Å². The average molecular weight is 446 g/mol. The van der Waals surface area contributed by atoms with E-state index in [1.165, 1.54) is 3.97 Å². The molecule has 4 rings (SSSR count). The van der Waals surface area contributed by atoms with Crippen LogP contribution in [0.3, 0.4) is 0 Å². The van der Waals surface area contributed by atoms with Gasteiger partial charge in [-0.2, -0.15) is 5.10 Å². The Labute approximate surface area is 187 Å². The molecule has 4 aromatic rings. The van der Waals surface area contributed by atoms with E-state index in [1.54, 1.807) is 61.7 Å². The lowest BCUT2D eigenvalue weighted by molar-refractivity contribution is 0.0954. The normalized spacial score (nSPS) is 12.2. The summed E-state index contributed by atoms with van der Waals surface area (Å²) in [6.07, 6.45) is 1.55. The van der Waals surface area contributed by atoms with Gasteiger partial charge in [-0.25, -0.2) is 17.8 Å². The van der Waals surface area contributed by atoms with Crippen LogP contribution in [0.1, 0.15) is 34.0 Å². The first-order valence-corrected chi connectivity index (χ1v) is 11.6. The van der Waals surface area contributed by atoms with Crippen LogP contribution < -0.4 is 5.43 Å². The van der Waals surface area contributed by atoms with E-state index in [4.69, 9.17) is 0 Å². The number of aryl methyl sites for hydroxylation is 2. The smallest absolute Gasteiger partial charge is 0.267 e. The highest BCUT2D eigenvalue weighted by Crippen LogP contribution is 2.26. The number of fused-ring (bicyclic) bond motifs is 1. The van der Waals surface area contributed by atoms with E-state index in [1.807, 2.05) is 38.1 Å². The van der Waals surface area contributed by atoms with Crippen molar-refractivity contribution in [3.63, 3.8) is 0 Å². The fourth-order valence-electron chi connectivity index (χ4n) is 3.51. The molecule has 1 heterocycles. The Balaban J connectivity index is 1.73. The predicted molar refractivity (Wildman–Crippen MR) is 127 cm³/mol. The molecule has 0 aliphatic heterocycles. The number of hydrogen-bond donors (Lipinski definition) is 1. The summed E-state index contributed by atoms with van der Waals surface area (Å²) >= 11 is 0. The van der Waals surface area contributed by atoms with Crippen molar-refractivity contribution in [1.29, 1.82) is 0 Å². The summed E-state index contributed by atoms with van der Waals surface area (Å²) in [7, 11) is -3.80. The molecular formula is C25H23N3O3S. The van der Waals surface area contributed by atoms with Gasteiger partial charge in [-0.3, -0.25) is 4.79 Å². The third-order valence-electron chi connectivity index (χ3n) is 5.25. The molecule has 0 saturated carbocycles. The molecule has 0 spiro atoms. The fourth-order valence-corrected chi connectivity index (χ4v) is 4.88. The minimum absolute atomic E-state index is 0.206. The summed E-state index contributed by atoms with van der Waals surface area (Å²) in [6.45, 7) is 5.56. The summed E-state index contributed by atoms with van der Waals surface area (Å²) in [4.78, 5) is 12.7. The average Bonchev–Trinajstić information content (AvgIpc) is 3.18. The van der Waals surface area contributed by atoms with Crippen LogP contribution in [-0.4, -0.2) is 24.0 Å². The Morgan fingerprint density at radius 3 is 2.34 bits per heavy atom. The van der Waals surface area contributed by atoms with Gasteiger partial charge < -0.3 is 0 Å². The van der Waals surface area contributed by atoms with Crippen LogP contribution in [0.2, 0.25) is 0 Å². The topological polar surface area (TPSA) is 80.5 Å². The van der Waals surface area contributed by atoms with E-state index in [-0.39, 0.29) is 10.8 Å². The zero-order valence-electron chi connectivity index (χ0n) is 18.0. The quantitative estimate of drug-likeness (QED) is 0.359. The number of nitrogens with zero attached hydrogens (tertiary/aromatic N) is 2. The van der Waals surface area contributed by atoms with Crippen LogP contribution in [0.5, 0.6) is 0 Å². The van der Waals surface area contributed by atoms with Crippen molar-refractivity contribution < 1.29 is 13.2 Å². The molecule has 0 fully saturated rings. The van der Waals surface area contributed by atoms with Crippen molar-refractivity contribution in [1.82, 2.24) is 9.40 Å². The third-order valence-corrected chi connectivity index (χ3v) is 6.94. The molecule has 7 heteroatoms. The molecule has 0 aliphatic rings. The number of benzene rings is 3. The minimum atomic E-state index is -3.80. The predicted octanol–water partition coefficient (Wildman–Crippen LogP) is 4.65. The Morgan fingerprint density at radius 1 is 0.906 bits per heavy atom. The molecule has 0 saturated heterocycles. The summed E-state index contributed by atoms with van der Waals surface area (Å²) in [6, 6.07) is 21.2. The van der Waals surface area contributed by atoms with Gasteiger partial charge in [0.15, 0.2) is 0 Å². The number of hydrogen-bond acceptors (Lipinski definition) is 4. The van der Waals surface area contributed by atoms with Crippen LogP contribution in [0.25, 0.3) is 10.9 Å². The molecule has 6 nitrogen and oxygen atoms in total. The van der Waals surface area contributed by atoms with Gasteiger partial charge in [-0.15, -0.1) is 0 Å². The summed E-state index contributed by atoms with van der Waals surface area (Å²) in [5, 5.41) is 4.97. The van der Waals surface area contributed by atoms with E-state index in [2.05, 4.69) is 10.5 Å². The van der Waals surface area contributed by atoms with Crippen molar-refractivity contribution in [3.05, 3.63) is 101 Å². The summed E-state index contributed by atoms with van der Waals surface area (Å²) in [5.41, 5.74) is 6.70. The molecule has 0 unspecified atom stereocenters. The molecule has 0 radical (unpaired) electrons. The largest absolute Gasteiger partial charge is 0.271 e. The molecule has 32 heavy (non-hydrogen) atoms. The van der Waals surface area contributed by atoms with E-state index in [0.717, 1.165) is 16.5 Å². The third kappa shape index (κ3) is 4.07. The van der Waals surface area contributed by atoms with Crippen LogP contribution in [0.15, 0.2) is 89.0 Å². The maximum Gasteiger partial charge on any atom is 0.271 e. The maximum atomic E-state index is 13.3. The van der Waals surface area contributed by atoms with Crippen molar-refractivity contribution in [2.45, 2.75) is 25.7 Å². The van der Waals surface area contributed by atoms with Crippen LogP contribution in [0.4, 0.5) is 0 Å². The molecule has 3 aromatic carbocycles. The molecule has 1 amide bonds. The van der Waals surface area contributed by atoms with Gasteiger partial charge in [0.2, 0.25) is 0 Å².